The number of nitrogens with one attached hydrogen (secondary N) is 1. The van der Waals surface area contributed by atoms with Crippen molar-refractivity contribution in [1.29, 1.82) is 0 Å². The Morgan fingerprint density at radius 2 is 2.04 bits per heavy atom. The van der Waals surface area contributed by atoms with Gasteiger partial charge in [-0.05, 0) is 31.4 Å². The molecule has 0 saturated carbocycles. The summed E-state index contributed by atoms with van der Waals surface area (Å²) >= 11 is 0. The number of benzene rings is 1. The highest BCUT2D eigenvalue weighted by atomic mass is 16.5. The van der Waals surface area contributed by atoms with Crippen molar-refractivity contribution < 1.29 is 19.4 Å². The summed E-state index contributed by atoms with van der Waals surface area (Å²) in [4.78, 5) is 26.2. The van der Waals surface area contributed by atoms with E-state index in [1.165, 1.54) is 0 Å². The molecule has 2 aliphatic heterocycles. The summed E-state index contributed by atoms with van der Waals surface area (Å²) < 4.78 is 5.21. The standard InChI is InChI=1S/C17H22N2O4/c20-15(21)17(9-11-19-10-5-4-8-14(17)19)18-16(22)23-12-13-6-2-1-3-7-13/h1-3,6-7,14H,4-5,8-12H2,(H,18,22)(H,20,21). The number of carbonyl (C=O) groups is 2. The van der Waals surface area contributed by atoms with E-state index in [9.17, 15) is 14.7 Å². The molecule has 0 radical (unpaired) electrons. The number of aliphatic carboxylic acids is 1. The smallest absolute Gasteiger partial charge is 0.408 e. The molecule has 0 spiro atoms. The molecule has 3 rings (SSSR count). The molecule has 6 heteroatoms. The van der Waals surface area contributed by atoms with Gasteiger partial charge in [0.05, 0.1) is 0 Å². The number of amides is 1. The Morgan fingerprint density at radius 3 is 2.78 bits per heavy atom. The van der Waals surface area contributed by atoms with Gasteiger partial charge in [-0.2, -0.15) is 0 Å². The Hall–Kier alpha value is -2.08. The van der Waals surface area contributed by atoms with Crippen molar-refractivity contribution in [2.24, 2.45) is 0 Å². The first-order valence-corrected chi connectivity index (χ1v) is 8.08. The van der Waals surface area contributed by atoms with Gasteiger partial charge in [-0.25, -0.2) is 9.59 Å². The summed E-state index contributed by atoms with van der Waals surface area (Å²) in [5.41, 5.74) is -0.355. The van der Waals surface area contributed by atoms with Crippen molar-refractivity contribution in [2.45, 2.75) is 43.9 Å². The van der Waals surface area contributed by atoms with Crippen molar-refractivity contribution in [1.82, 2.24) is 10.2 Å². The zero-order valence-electron chi connectivity index (χ0n) is 13.0. The Bertz CT molecular complexity index is 577. The largest absolute Gasteiger partial charge is 0.479 e. The maximum Gasteiger partial charge on any atom is 0.408 e. The van der Waals surface area contributed by atoms with E-state index in [1.807, 2.05) is 30.3 Å². The average Bonchev–Trinajstić information content (AvgIpc) is 2.94. The predicted octanol–water partition coefficient (Wildman–Crippen LogP) is 1.99. The fourth-order valence-corrected chi connectivity index (χ4v) is 3.69. The van der Waals surface area contributed by atoms with Crippen molar-refractivity contribution in [3.8, 4) is 0 Å². The lowest BCUT2D eigenvalue weighted by Gasteiger charge is -2.38. The Labute approximate surface area is 135 Å². The molecular formula is C17H22N2O4. The molecule has 2 N–H and O–H groups in total. The van der Waals surface area contributed by atoms with Gasteiger partial charge in [0.25, 0.3) is 0 Å². The van der Waals surface area contributed by atoms with Gasteiger partial charge in [0, 0.05) is 12.6 Å². The second kappa shape index (κ2) is 6.58. The van der Waals surface area contributed by atoms with Gasteiger partial charge in [0.1, 0.15) is 6.61 Å². The molecule has 0 bridgehead atoms. The molecule has 1 aromatic carbocycles. The van der Waals surface area contributed by atoms with Crippen molar-refractivity contribution in [2.75, 3.05) is 13.1 Å². The molecule has 2 atom stereocenters. The summed E-state index contributed by atoms with van der Waals surface area (Å²) in [7, 11) is 0. The van der Waals surface area contributed by atoms with E-state index in [2.05, 4.69) is 10.2 Å². The molecule has 2 saturated heterocycles. The van der Waals surface area contributed by atoms with Crippen LogP contribution in [0.1, 0.15) is 31.2 Å². The number of alkyl carbamates (subject to hydrolysis) is 1. The Morgan fingerprint density at radius 1 is 1.26 bits per heavy atom. The van der Waals surface area contributed by atoms with Gasteiger partial charge >= 0.3 is 12.1 Å². The van der Waals surface area contributed by atoms with Gasteiger partial charge in [-0.15, -0.1) is 0 Å². The average molecular weight is 318 g/mol. The minimum Gasteiger partial charge on any atom is -0.479 e. The number of piperidine rings is 1. The minimum atomic E-state index is -1.23. The van der Waals surface area contributed by atoms with Gasteiger partial charge in [0.2, 0.25) is 0 Å². The number of fused-ring (bicyclic) bond motifs is 1. The molecule has 6 nitrogen and oxygen atoms in total. The first kappa shape index (κ1) is 15.8. The first-order chi connectivity index (χ1) is 11.1. The summed E-state index contributed by atoms with van der Waals surface area (Å²) in [5.74, 6) is -0.969. The van der Waals surface area contributed by atoms with E-state index >= 15 is 0 Å². The quantitative estimate of drug-likeness (QED) is 0.887. The fraction of sp³-hybridized carbons (Fsp3) is 0.529. The highest BCUT2D eigenvalue weighted by molar-refractivity contribution is 5.86. The van der Waals surface area contributed by atoms with Crippen LogP contribution in [0.25, 0.3) is 0 Å². The van der Waals surface area contributed by atoms with Gasteiger partial charge < -0.3 is 15.2 Å². The molecule has 2 aliphatic rings. The second-order valence-electron chi connectivity index (χ2n) is 6.26. The summed E-state index contributed by atoms with van der Waals surface area (Å²) in [6.07, 6.45) is 2.64. The summed E-state index contributed by atoms with van der Waals surface area (Å²) in [6, 6.07) is 9.20. The number of hydrogen-bond donors (Lipinski definition) is 2. The van der Waals surface area contributed by atoms with E-state index in [1.54, 1.807) is 0 Å². The van der Waals surface area contributed by atoms with Crippen LogP contribution in [-0.4, -0.2) is 46.7 Å². The maximum absolute atomic E-state index is 12.1. The molecule has 1 amide bonds. The van der Waals surface area contributed by atoms with Crippen LogP contribution < -0.4 is 5.32 Å². The van der Waals surface area contributed by atoms with Crippen LogP contribution in [0.5, 0.6) is 0 Å². The number of rotatable bonds is 4. The highest BCUT2D eigenvalue weighted by Crippen LogP contribution is 2.35. The molecule has 23 heavy (non-hydrogen) atoms. The second-order valence-corrected chi connectivity index (χ2v) is 6.26. The van der Waals surface area contributed by atoms with E-state index in [0.29, 0.717) is 13.0 Å². The molecular weight excluding hydrogens is 296 g/mol. The molecule has 124 valence electrons. The van der Waals surface area contributed by atoms with Crippen molar-refractivity contribution in [3.05, 3.63) is 35.9 Å². The zero-order valence-corrected chi connectivity index (χ0v) is 13.0. The van der Waals surface area contributed by atoms with E-state index in [4.69, 9.17) is 4.74 Å². The lowest BCUT2D eigenvalue weighted by atomic mass is 9.85. The van der Waals surface area contributed by atoms with Crippen LogP contribution in [0, 0.1) is 0 Å². The zero-order chi connectivity index (χ0) is 16.3. The molecule has 2 fully saturated rings. The first-order valence-electron chi connectivity index (χ1n) is 8.08. The third kappa shape index (κ3) is 3.17. The van der Waals surface area contributed by atoms with Crippen LogP contribution >= 0.6 is 0 Å². The molecule has 0 aromatic heterocycles. The number of nitrogens with zero attached hydrogens (tertiary/aromatic N) is 1. The lowest BCUT2D eigenvalue weighted by Crippen LogP contribution is -2.62. The van der Waals surface area contributed by atoms with Gasteiger partial charge in [0.15, 0.2) is 5.54 Å². The molecule has 2 heterocycles. The van der Waals surface area contributed by atoms with Gasteiger partial charge in [-0.3, -0.25) is 4.90 Å². The van der Waals surface area contributed by atoms with Crippen LogP contribution in [0.2, 0.25) is 0 Å². The number of carbonyl (C=O) groups excluding carboxylic acids is 1. The summed E-state index contributed by atoms with van der Waals surface area (Å²) in [6.45, 7) is 1.74. The number of hydrogen-bond acceptors (Lipinski definition) is 4. The minimum absolute atomic E-state index is 0.136. The van der Waals surface area contributed by atoms with Crippen molar-refractivity contribution in [3.63, 3.8) is 0 Å². The molecule has 2 unspecified atom stereocenters. The Kier molecular flexibility index (Phi) is 4.52. The summed E-state index contributed by atoms with van der Waals surface area (Å²) in [5, 5.41) is 12.4. The van der Waals surface area contributed by atoms with Crippen LogP contribution in [0.4, 0.5) is 4.79 Å². The third-order valence-electron chi connectivity index (χ3n) is 4.90. The van der Waals surface area contributed by atoms with Crippen LogP contribution in [-0.2, 0) is 16.1 Å². The third-order valence-corrected chi connectivity index (χ3v) is 4.90. The van der Waals surface area contributed by atoms with E-state index in [0.717, 1.165) is 31.4 Å². The van der Waals surface area contributed by atoms with Crippen LogP contribution in [0.3, 0.4) is 0 Å². The Balaban J connectivity index is 1.65. The lowest BCUT2D eigenvalue weighted by molar-refractivity contribution is -0.146. The maximum atomic E-state index is 12.1. The number of carboxylic acid groups (broad SMARTS) is 1. The number of carboxylic acids is 1. The van der Waals surface area contributed by atoms with Crippen molar-refractivity contribution >= 4 is 12.1 Å². The van der Waals surface area contributed by atoms with E-state index < -0.39 is 17.6 Å². The predicted molar refractivity (Wildman–Crippen MR) is 84.0 cm³/mol. The van der Waals surface area contributed by atoms with Gasteiger partial charge in [-0.1, -0.05) is 36.8 Å². The monoisotopic (exact) mass is 318 g/mol. The molecule has 1 aromatic rings. The normalized spacial score (nSPS) is 27.2. The fourth-order valence-electron chi connectivity index (χ4n) is 3.69. The van der Waals surface area contributed by atoms with E-state index in [-0.39, 0.29) is 12.6 Å². The highest BCUT2D eigenvalue weighted by Gasteiger charge is 2.54. The van der Waals surface area contributed by atoms with Crippen LogP contribution in [0.15, 0.2) is 30.3 Å². The molecule has 0 aliphatic carbocycles. The number of ether oxygens (including phenoxy) is 1. The SMILES string of the molecule is O=C(NC1(C(=O)O)CCN2CCCCC21)OCc1ccccc1. The topological polar surface area (TPSA) is 78.9 Å².